The van der Waals surface area contributed by atoms with E-state index in [1.54, 1.807) is 19.0 Å². The average molecular weight is 227 g/mol. The zero-order valence-corrected chi connectivity index (χ0v) is 10.3. The van der Waals surface area contributed by atoms with Gasteiger partial charge in [-0.1, -0.05) is 12.1 Å². The molecule has 16 heavy (non-hydrogen) atoms. The van der Waals surface area contributed by atoms with Crippen molar-refractivity contribution in [3.8, 4) is 0 Å². The van der Waals surface area contributed by atoms with E-state index < -0.39 is 0 Å². The van der Waals surface area contributed by atoms with E-state index >= 15 is 0 Å². The molecule has 92 valence electrons. The van der Waals surface area contributed by atoms with Gasteiger partial charge in [-0.15, -0.1) is 0 Å². The molecule has 5 nitrogen and oxygen atoms in total. The van der Waals surface area contributed by atoms with Crippen LogP contribution < -0.4 is 0 Å². The van der Waals surface area contributed by atoms with E-state index in [0.717, 1.165) is 31.8 Å². The van der Waals surface area contributed by atoms with Gasteiger partial charge >= 0.3 is 0 Å². The van der Waals surface area contributed by atoms with Crippen molar-refractivity contribution in [2.24, 2.45) is 11.1 Å². The molecule has 1 aliphatic heterocycles. The molecule has 0 spiro atoms. The van der Waals surface area contributed by atoms with Gasteiger partial charge in [-0.25, -0.2) is 0 Å². The van der Waals surface area contributed by atoms with E-state index in [2.05, 4.69) is 17.0 Å². The minimum Gasteiger partial charge on any atom is -0.411 e. The Balaban J connectivity index is 2.33. The fourth-order valence-corrected chi connectivity index (χ4v) is 1.93. The second kappa shape index (κ2) is 5.84. The lowest BCUT2D eigenvalue weighted by molar-refractivity contribution is -0.129. The summed E-state index contributed by atoms with van der Waals surface area (Å²) >= 11 is 0. The Morgan fingerprint density at radius 1 is 1.62 bits per heavy atom. The molecule has 1 unspecified atom stereocenters. The highest BCUT2D eigenvalue weighted by Crippen LogP contribution is 2.13. The van der Waals surface area contributed by atoms with Crippen LogP contribution in [-0.4, -0.2) is 60.4 Å². The number of carbonyl (C=O) groups is 1. The zero-order valence-electron chi connectivity index (χ0n) is 10.3. The molecule has 1 saturated heterocycles. The lowest BCUT2D eigenvalue weighted by Gasteiger charge is -2.31. The summed E-state index contributed by atoms with van der Waals surface area (Å²) in [6, 6.07) is 0. The van der Waals surface area contributed by atoms with Crippen LogP contribution in [0.3, 0.4) is 0 Å². The van der Waals surface area contributed by atoms with Gasteiger partial charge in [0.2, 0.25) is 5.91 Å². The Bertz CT molecular complexity index is 276. The number of hydrogen-bond donors (Lipinski definition) is 1. The molecule has 5 heteroatoms. The highest BCUT2D eigenvalue weighted by molar-refractivity contribution is 5.87. The lowest BCUT2D eigenvalue weighted by Crippen LogP contribution is -2.41. The van der Waals surface area contributed by atoms with Crippen LogP contribution in [0.25, 0.3) is 0 Å². The molecule has 0 aromatic carbocycles. The van der Waals surface area contributed by atoms with E-state index in [9.17, 15) is 4.79 Å². The van der Waals surface area contributed by atoms with E-state index in [0.29, 0.717) is 6.42 Å². The molecular weight excluding hydrogens is 206 g/mol. The summed E-state index contributed by atoms with van der Waals surface area (Å²) in [6.45, 7) is 4.60. The van der Waals surface area contributed by atoms with E-state index in [1.807, 2.05) is 0 Å². The van der Waals surface area contributed by atoms with Crippen LogP contribution >= 0.6 is 0 Å². The van der Waals surface area contributed by atoms with E-state index in [-0.39, 0.29) is 11.8 Å². The van der Waals surface area contributed by atoms with E-state index in [4.69, 9.17) is 5.21 Å². The van der Waals surface area contributed by atoms with Gasteiger partial charge in [-0.05, 0) is 0 Å². The van der Waals surface area contributed by atoms with Crippen molar-refractivity contribution in [1.29, 1.82) is 0 Å². The van der Waals surface area contributed by atoms with Crippen molar-refractivity contribution in [3.63, 3.8) is 0 Å². The lowest BCUT2D eigenvalue weighted by atomic mass is 9.97. The van der Waals surface area contributed by atoms with Gasteiger partial charge in [0, 0.05) is 52.5 Å². The molecule has 1 N–H and O–H groups in total. The zero-order chi connectivity index (χ0) is 12.1. The second-order valence-corrected chi connectivity index (χ2v) is 4.58. The van der Waals surface area contributed by atoms with Gasteiger partial charge in [0.1, 0.15) is 0 Å². The number of rotatable bonds is 3. The van der Waals surface area contributed by atoms with Gasteiger partial charge in [0.25, 0.3) is 0 Å². The Labute approximate surface area is 96.7 Å². The monoisotopic (exact) mass is 227 g/mol. The maximum Gasteiger partial charge on any atom is 0.223 e. The Morgan fingerprint density at radius 2 is 2.31 bits per heavy atom. The van der Waals surface area contributed by atoms with Crippen molar-refractivity contribution in [2.75, 3.05) is 33.7 Å². The summed E-state index contributed by atoms with van der Waals surface area (Å²) in [6.07, 6.45) is 1.36. The SMILES string of the molecule is CC1CN(CCC(=O)N(C)C)CCC1=NO. The van der Waals surface area contributed by atoms with Crippen LogP contribution in [0.2, 0.25) is 0 Å². The number of oxime groups is 1. The number of piperidine rings is 1. The van der Waals surface area contributed by atoms with Crippen LogP contribution in [0.5, 0.6) is 0 Å². The predicted molar refractivity (Wildman–Crippen MR) is 62.8 cm³/mol. The van der Waals surface area contributed by atoms with Gasteiger partial charge in [-0.3, -0.25) is 4.79 Å². The summed E-state index contributed by atoms with van der Waals surface area (Å²) in [5.74, 6) is 0.447. The van der Waals surface area contributed by atoms with Crippen molar-refractivity contribution >= 4 is 11.6 Å². The fraction of sp³-hybridized carbons (Fsp3) is 0.818. The summed E-state index contributed by atoms with van der Waals surface area (Å²) in [5.41, 5.74) is 0.871. The Hall–Kier alpha value is -1.10. The van der Waals surface area contributed by atoms with Crippen molar-refractivity contribution < 1.29 is 10.0 Å². The molecule has 1 amide bonds. The summed E-state index contributed by atoms with van der Waals surface area (Å²) in [7, 11) is 3.55. The first-order valence-electron chi connectivity index (χ1n) is 5.68. The second-order valence-electron chi connectivity index (χ2n) is 4.58. The minimum absolute atomic E-state index is 0.161. The number of likely N-dealkylation sites (tertiary alicyclic amines) is 1. The van der Waals surface area contributed by atoms with Crippen LogP contribution in [-0.2, 0) is 4.79 Å². The minimum atomic E-state index is 0.161. The van der Waals surface area contributed by atoms with Crippen molar-refractivity contribution in [3.05, 3.63) is 0 Å². The molecule has 0 saturated carbocycles. The molecule has 0 aromatic rings. The molecule has 0 aliphatic carbocycles. The molecule has 1 rings (SSSR count). The third-order valence-electron chi connectivity index (χ3n) is 3.05. The molecular formula is C11H21N3O2. The largest absolute Gasteiger partial charge is 0.411 e. The first-order valence-corrected chi connectivity index (χ1v) is 5.68. The molecule has 1 aliphatic rings. The molecule has 1 fully saturated rings. The van der Waals surface area contributed by atoms with Crippen LogP contribution in [0.1, 0.15) is 19.8 Å². The number of hydrogen-bond acceptors (Lipinski definition) is 4. The van der Waals surface area contributed by atoms with Crippen LogP contribution in [0.4, 0.5) is 0 Å². The third-order valence-corrected chi connectivity index (χ3v) is 3.05. The Morgan fingerprint density at radius 3 is 2.81 bits per heavy atom. The predicted octanol–water partition coefficient (Wildman–Crippen LogP) is 0.637. The maximum atomic E-state index is 11.4. The topological polar surface area (TPSA) is 56.1 Å². The van der Waals surface area contributed by atoms with E-state index in [1.165, 1.54) is 0 Å². The number of amides is 1. The normalized spacial score (nSPS) is 24.7. The van der Waals surface area contributed by atoms with Gasteiger partial charge in [0.15, 0.2) is 0 Å². The highest BCUT2D eigenvalue weighted by Gasteiger charge is 2.22. The standard InChI is InChI=1S/C11H21N3O2/c1-9-8-14(6-4-10(9)12-16)7-5-11(15)13(2)3/h9,16H,4-8H2,1-3H3. The third kappa shape index (κ3) is 3.48. The van der Waals surface area contributed by atoms with Crippen LogP contribution in [0, 0.1) is 5.92 Å². The molecule has 1 atom stereocenters. The summed E-state index contributed by atoms with van der Waals surface area (Å²) < 4.78 is 0. The van der Waals surface area contributed by atoms with Gasteiger partial charge < -0.3 is 15.0 Å². The average Bonchev–Trinajstić information content (AvgIpc) is 2.25. The Kier molecular flexibility index (Phi) is 4.73. The molecule has 1 heterocycles. The molecule has 0 bridgehead atoms. The number of carbonyl (C=O) groups excluding carboxylic acids is 1. The van der Waals surface area contributed by atoms with Crippen LogP contribution in [0.15, 0.2) is 5.16 Å². The first-order chi connectivity index (χ1) is 7.54. The number of nitrogens with zero attached hydrogens (tertiary/aromatic N) is 3. The summed E-state index contributed by atoms with van der Waals surface area (Å²) in [4.78, 5) is 15.3. The smallest absolute Gasteiger partial charge is 0.223 e. The highest BCUT2D eigenvalue weighted by atomic mass is 16.4. The van der Waals surface area contributed by atoms with Gasteiger partial charge in [-0.2, -0.15) is 0 Å². The maximum absolute atomic E-state index is 11.4. The summed E-state index contributed by atoms with van der Waals surface area (Å²) in [5, 5.41) is 12.0. The van der Waals surface area contributed by atoms with Gasteiger partial charge in [0.05, 0.1) is 5.71 Å². The quantitative estimate of drug-likeness (QED) is 0.568. The fourth-order valence-electron chi connectivity index (χ4n) is 1.93. The van der Waals surface area contributed by atoms with Crippen molar-refractivity contribution in [2.45, 2.75) is 19.8 Å². The molecule has 0 radical (unpaired) electrons. The van der Waals surface area contributed by atoms with Crippen molar-refractivity contribution in [1.82, 2.24) is 9.80 Å². The first kappa shape index (κ1) is 13.0. The molecule has 0 aromatic heterocycles.